The molecule has 0 aliphatic carbocycles. The Morgan fingerprint density at radius 3 is 2.95 bits per heavy atom. The molecule has 3 aliphatic rings. The van der Waals surface area contributed by atoms with Crippen molar-refractivity contribution in [2.24, 2.45) is 11.8 Å². The van der Waals surface area contributed by atoms with Crippen LogP contribution in [0.5, 0.6) is 5.75 Å². The van der Waals surface area contributed by atoms with Crippen LogP contribution in [0.2, 0.25) is 0 Å². The Hall–Kier alpha value is -1.61. The van der Waals surface area contributed by atoms with Gasteiger partial charge in [-0.2, -0.15) is 0 Å². The molecule has 3 fully saturated rings. The summed E-state index contributed by atoms with van der Waals surface area (Å²) >= 11 is 0. The highest BCUT2D eigenvalue weighted by Crippen LogP contribution is 2.37. The predicted molar refractivity (Wildman–Crippen MR) is 89.2 cm³/mol. The number of ether oxygens (including phenoxy) is 1. The average molecular weight is 296 g/mol. The van der Waals surface area contributed by atoms with Crippen LogP contribution in [0.3, 0.4) is 0 Å². The van der Waals surface area contributed by atoms with E-state index in [1.54, 1.807) is 7.11 Å². The van der Waals surface area contributed by atoms with E-state index in [1.807, 2.05) is 12.3 Å². The van der Waals surface area contributed by atoms with Crippen molar-refractivity contribution in [2.45, 2.75) is 32.2 Å². The van der Waals surface area contributed by atoms with Crippen LogP contribution in [0.4, 0.5) is 0 Å². The number of aromatic nitrogens is 1. The van der Waals surface area contributed by atoms with E-state index in [0.29, 0.717) is 6.04 Å². The van der Waals surface area contributed by atoms with E-state index in [4.69, 9.17) is 4.74 Å². The van der Waals surface area contributed by atoms with Crippen LogP contribution in [0.1, 0.15) is 25.3 Å². The second kappa shape index (κ2) is 5.54. The van der Waals surface area contributed by atoms with Crippen molar-refractivity contribution in [2.75, 3.05) is 20.2 Å². The largest absolute Gasteiger partial charge is 0.497 e. The van der Waals surface area contributed by atoms with Gasteiger partial charge in [0.25, 0.3) is 0 Å². The average Bonchev–Trinajstić information content (AvgIpc) is 2.56. The van der Waals surface area contributed by atoms with E-state index in [9.17, 15) is 0 Å². The summed E-state index contributed by atoms with van der Waals surface area (Å²) in [5, 5.41) is 1.25. The molecule has 0 amide bonds. The van der Waals surface area contributed by atoms with Gasteiger partial charge in [0.1, 0.15) is 5.75 Å². The summed E-state index contributed by atoms with van der Waals surface area (Å²) in [4.78, 5) is 7.21. The lowest BCUT2D eigenvalue weighted by molar-refractivity contribution is 0.00889. The molecule has 3 heteroatoms. The molecule has 4 unspecified atom stereocenters. The summed E-state index contributed by atoms with van der Waals surface area (Å²) in [6, 6.07) is 9.08. The number of methoxy groups -OCH3 is 1. The molecular weight excluding hydrogens is 272 g/mol. The van der Waals surface area contributed by atoms with Gasteiger partial charge in [-0.3, -0.25) is 9.88 Å². The van der Waals surface area contributed by atoms with Gasteiger partial charge < -0.3 is 4.74 Å². The van der Waals surface area contributed by atoms with Crippen molar-refractivity contribution in [3.8, 4) is 5.75 Å². The third-order valence-electron chi connectivity index (χ3n) is 5.70. The Morgan fingerprint density at radius 1 is 1.32 bits per heavy atom. The second-order valence-electron chi connectivity index (χ2n) is 6.97. The zero-order chi connectivity index (χ0) is 15.1. The third-order valence-corrected chi connectivity index (χ3v) is 5.70. The number of nitrogens with zero attached hydrogens (tertiary/aromatic N) is 2. The first-order chi connectivity index (χ1) is 10.7. The minimum Gasteiger partial charge on any atom is -0.497 e. The number of hydrogen-bond acceptors (Lipinski definition) is 3. The fourth-order valence-corrected chi connectivity index (χ4v) is 4.36. The van der Waals surface area contributed by atoms with Crippen LogP contribution in [0.15, 0.2) is 30.5 Å². The number of piperidine rings is 3. The van der Waals surface area contributed by atoms with Crippen molar-refractivity contribution in [3.63, 3.8) is 0 Å². The molecule has 116 valence electrons. The monoisotopic (exact) mass is 296 g/mol. The first kappa shape index (κ1) is 14.0. The van der Waals surface area contributed by atoms with Gasteiger partial charge in [-0.05, 0) is 67.5 Å². The fraction of sp³-hybridized carbons (Fsp3) is 0.526. The van der Waals surface area contributed by atoms with Gasteiger partial charge in [0, 0.05) is 24.2 Å². The van der Waals surface area contributed by atoms with E-state index in [0.717, 1.165) is 29.5 Å². The lowest BCUT2D eigenvalue weighted by Gasteiger charge is -2.49. The maximum Gasteiger partial charge on any atom is 0.119 e. The van der Waals surface area contributed by atoms with Gasteiger partial charge in [0.2, 0.25) is 0 Å². The van der Waals surface area contributed by atoms with E-state index in [1.165, 1.54) is 36.9 Å². The lowest BCUT2D eigenvalue weighted by atomic mass is 9.75. The van der Waals surface area contributed by atoms with E-state index >= 15 is 0 Å². The number of fused-ring (bicyclic) bond motifs is 4. The number of benzene rings is 1. The molecule has 2 bridgehead atoms. The van der Waals surface area contributed by atoms with Crippen molar-refractivity contribution < 1.29 is 4.74 Å². The third kappa shape index (κ3) is 2.38. The van der Waals surface area contributed by atoms with Gasteiger partial charge in [-0.15, -0.1) is 0 Å². The zero-order valence-corrected chi connectivity index (χ0v) is 13.5. The molecule has 1 aromatic carbocycles. The van der Waals surface area contributed by atoms with Crippen molar-refractivity contribution in [1.29, 1.82) is 0 Å². The Morgan fingerprint density at radius 2 is 2.23 bits per heavy atom. The summed E-state index contributed by atoms with van der Waals surface area (Å²) in [5.74, 6) is 2.72. The first-order valence-corrected chi connectivity index (χ1v) is 8.40. The first-order valence-electron chi connectivity index (χ1n) is 8.40. The summed E-state index contributed by atoms with van der Waals surface area (Å²) in [7, 11) is 1.73. The highest BCUT2D eigenvalue weighted by molar-refractivity contribution is 5.83. The maximum atomic E-state index is 5.39. The van der Waals surface area contributed by atoms with E-state index in [-0.39, 0.29) is 0 Å². The minimum atomic E-state index is 0.701. The zero-order valence-electron chi connectivity index (χ0n) is 13.5. The second-order valence-corrected chi connectivity index (χ2v) is 6.97. The Bertz CT molecular complexity index is 684. The molecule has 2 aromatic rings. The molecule has 22 heavy (non-hydrogen) atoms. The Balaban J connectivity index is 1.64. The van der Waals surface area contributed by atoms with Crippen LogP contribution in [0.25, 0.3) is 10.9 Å². The molecule has 4 heterocycles. The van der Waals surface area contributed by atoms with Gasteiger partial charge in [0.15, 0.2) is 0 Å². The normalized spacial score (nSPS) is 30.6. The summed E-state index contributed by atoms with van der Waals surface area (Å²) in [6.07, 6.45) is 5.83. The molecule has 4 atom stereocenters. The SMILES string of the molecule is COc1ccc2nccc(CC3CC4CCN3CC4C)c2c1. The van der Waals surface area contributed by atoms with Gasteiger partial charge in [-0.1, -0.05) is 6.92 Å². The standard InChI is InChI=1S/C19H24N2O/c1-13-12-21-8-6-14(13)9-16(21)10-15-5-7-20-19-4-3-17(22-2)11-18(15)19/h3-5,7,11,13-14,16H,6,8-10,12H2,1-2H3. The van der Waals surface area contributed by atoms with Crippen LogP contribution in [-0.2, 0) is 6.42 Å². The minimum absolute atomic E-state index is 0.701. The van der Waals surface area contributed by atoms with Crippen molar-refractivity contribution in [3.05, 3.63) is 36.0 Å². The number of hydrogen-bond donors (Lipinski definition) is 0. The van der Waals surface area contributed by atoms with Crippen molar-refractivity contribution in [1.82, 2.24) is 9.88 Å². The van der Waals surface area contributed by atoms with Gasteiger partial charge >= 0.3 is 0 Å². The maximum absolute atomic E-state index is 5.39. The molecule has 0 spiro atoms. The molecule has 3 aliphatic heterocycles. The van der Waals surface area contributed by atoms with E-state index < -0.39 is 0 Å². The Kier molecular flexibility index (Phi) is 3.53. The highest BCUT2D eigenvalue weighted by Gasteiger charge is 2.37. The summed E-state index contributed by atoms with van der Waals surface area (Å²) in [5.41, 5.74) is 2.48. The molecule has 5 rings (SSSR count). The smallest absolute Gasteiger partial charge is 0.119 e. The Labute approximate surface area is 132 Å². The molecule has 1 aromatic heterocycles. The van der Waals surface area contributed by atoms with Crippen LogP contribution in [-0.4, -0.2) is 36.1 Å². The van der Waals surface area contributed by atoms with Crippen LogP contribution >= 0.6 is 0 Å². The molecular formula is C19H24N2O. The molecule has 0 radical (unpaired) electrons. The predicted octanol–water partition coefficient (Wildman–Crippen LogP) is 3.52. The highest BCUT2D eigenvalue weighted by atomic mass is 16.5. The molecule has 0 saturated carbocycles. The number of rotatable bonds is 3. The molecule has 3 saturated heterocycles. The topological polar surface area (TPSA) is 25.4 Å². The fourth-order valence-electron chi connectivity index (χ4n) is 4.36. The van der Waals surface area contributed by atoms with Crippen LogP contribution < -0.4 is 4.74 Å². The molecule has 0 N–H and O–H groups in total. The van der Waals surface area contributed by atoms with E-state index in [2.05, 4.69) is 35.0 Å². The van der Waals surface area contributed by atoms with Crippen LogP contribution in [0, 0.1) is 11.8 Å². The summed E-state index contributed by atoms with van der Waals surface area (Å²) < 4.78 is 5.39. The number of pyridine rings is 1. The van der Waals surface area contributed by atoms with Gasteiger partial charge in [0.05, 0.1) is 12.6 Å². The summed E-state index contributed by atoms with van der Waals surface area (Å²) in [6.45, 7) is 4.98. The molecule has 3 nitrogen and oxygen atoms in total. The lowest BCUT2D eigenvalue weighted by Crippen LogP contribution is -2.53. The van der Waals surface area contributed by atoms with Gasteiger partial charge in [-0.25, -0.2) is 0 Å². The quantitative estimate of drug-likeness (QED) is 0.866. The van der Waals surface area contributed by atoms with Crippen molar-refractivity contribution >= 4 is 10.9 Å².